The standard InChI is InChI=1S/C6H8O3.C5H6O3.C5H4O2.C5H8O.C4H3BrO4.C4H4O4.C4H2O3.C4H6O.C3H6O2S/c1-4(6(8)9)3-5(2)7;1-4(6)2-3-5(7)8;6-4-1-2-5(7)3-4;1-4(2)5(3)6;5-2(4(8)9)1-3(6)7;5-3(6)1-2-4(7)8;5-3-1-2-4(6)7-3;1-3-4(2)5;1-3-6(2,4)5/h1,3H2,2H3,(H,8,9);2-3H,1H3,(H,7,8);1-2H,3H2;1H2,2-3H3;1H,(H,6,7)(H,8,9);1-2H,(H,5,6)(H,7,8);1-2H;3H,1H2,2H3;3H,1-2H2,(H,4,5)/b;3-2-;;;2*2-1+;;;. The third-order valence-corrected chi connectivity index (χ3v) is 5.65. The van der Waals surface area contributed by atoms with Gasteiger partial charge in [0.05, 0.1) is 16.2 Å². The lowest BCUT2D eigenvalue weighted by Gasteiger charge is -1.92. The zero-order chi connectivity index (χ0) is 53.2. The Morgan fingerprint density at radius 1 is 0.646 bits per heavy atom. The molecule has 0 spiro atoms. The molecule has 358 valence electrons. The van der Waals surface area contributed by atoms with E-state index in [9.17, 15) is 71.3 Å². The molecule has 2 rings (SSSR count). The highest BCUT2D eigenvalue weighted by Crippen LogP contribution is 2.03. The Kier molecular flexibility index (Phi) is 47.1. The minimum absolute atomic E-state index is 0.0185. The molecular formula is C40H47BrO23S. The van der Waals surface area contributed by atoms with Crippen LogP contribution in [0.25, 0.3) is 0 Å². The molecule has 0 fully saturated rings. The summed E-state index contributed by atoms with van der Waals surface area (Å²) in [4.78, 5) is 138. The molecule has 0 aromatic heterocycles. The monoisotopic (exact) mass is 1010 g/mol. The fourth-order valence-corrected chi connectivity index (χ4v) is 1.85. The molecule has 1 aliphatic heterocycles. The van der Waals surface area contributed by atoms with Crippen LogP contribution in [0.3, 0.4) is 0 Å². The summed E-state index contributed by atoms with van der Waals surface area (Å²) < 4.78 is 21.6. The third kappa shape index (κ3) is 80.7. The predicted molar refractivity (Wildman–Crippen MR) is 235 cm³/mol. The number of carboxylic acid groups (broad SMARTS) is 6. The number of allylic oxidation sites excluding steroid dienone is 5. The predicted octanol–water partition coefficient (Wildman–Crippen LogP) is 2.91. The van der Waals surface area contributed by atoms with Crippen molar-refractivity contribution in [2.75, 3.05) is 0 Å². The maximum absolute atomic E-state index is 10.2. The normalized spacial score (nSPS) is 12.0. The summed E-state index contributed by atoms with van der Waals surface area (Å²) in [6, 6.07) is 0. The number of halogens is 1. The van der Waals surface area contributed by atoms with E-state index in [1.807, 2.05) is 0 Å². The first-order chi connectivity index (χ1) is 29.4. The van der Waals surface area contributed by atoms with Gasteiger partial charge in [0.2, 0.25) is 0 Å². The first kappa shape index (κ1) is 71.6. The van der Waals surface area contributed by atoms with Crippen molar-refractivity contribution in [3.05, 3.63) is 108 Å². The van der Waals surface area contributed by atoms with Gasteiger partial charge in [0.15, 0.2) is 28.9 Å². The Balaban J connectivity index is -0.000000117. The molecule has 0 amide bonds. The minimum atomic E-state index is -2.90. The SMILES string of the molecule is C=C(C)C(C)=O.C=C(CC(C)=O)C(=O)O.C=CC(C)=O.C=CS(=C)(=O)O.CC(=O)/C=C\C(=O)O.O=C(O)/C=C(/Br)C(=O)O.O=C(O)/C=C/C(=O)O.O=C1C=CC(=O)C1.O=C1C=CC(=O)O1. The summed E-state index contributed by atoms with van der Waals surface area (Å²) in [7, 11) is -2.90. The largest absolute Gasteiger partial charge is 0.478 e. The van der Waals surface area contributed by atoms with Crippen LogP contribution in [0.1, 0.15) is 47.5 Å². The van der Waals surface area contributed by atoms with Crippen molar-refractivity contribution < 1.29 is 111 Å². The average molecular weight is 1010 g/mol. The maximum Gasteiger partial charge on any atom is 0.343 e. The summed E-state index contributed by atoms with van der Waals surface area (Å²) in [5.74, 6) is -6.11. The van der Waals surface area contributed by atoms with Crippen molar-refractivity contribution in [2.45, 2.75) is 47.5 Å². The van der Waals surface area contributed by atoms with E-state index in [-0.39, 0.29) is 57.6 Å². The lowest BCUT2D eigenvalue weighted by molar-refractivity contribution is -0.150. The molecular weight excluding hydrogens is 960 g/mol. The van der Waals surface area contributed by atoms with E-state index in [1.165, 1.54) is 45.9 Å². The molecule has 0 aromatic rings. The summed E-state index contributed by atoms with van der Waals surface area (Å²) >= 11 is 2.52. The number of ketones is 6. The molecule has 0 bridgehead atoms. The molecule has 0 saturated carbocycles. The molecule has 2 aliphatic rings. The maximum atomic E-state index is 10.2. The number of rotatable bonds is 12. The van der Waals surface area contributed by atoms with E-state index in [1.54, 1.807) is 6.92 Å². The van der Waals surface area contributed by atoms with E-state index in [0.717, 1.165) is 29.7 Å². The number of carbonyl (C=O) groups is 14. The van der Waals surface area contributed by atoms with Gasteiger partial charge in [-0.3, -0.25) is 28.8 Å². The second kappa shape index (κ2) is 42.8. The van der Waals surface area contributed by atoms with Crippen LogP contribution < -0.4 is 0 Å². The second-order valence-corrected chi connectivity index (χ2v) is 13.3. The number of hydrogen-bond acceptors (Lipinski definition) is 16. The van der Waals surface area contributed by atoms with Gasteiger partial charge in [0, 0.05) is 53.9 Å². The van der Waals surface area contributed by atoms with Crippen molar-refractivity contribution in [2.24, 2.45) is 0 Å². The molecule has 23 nitrogen and oxygen atoms in total. The van der Waals surface area contributed by atoms with Crippen LogP contribution in [0.2, 0.25) is 0 Å². The Bertz CT molecular complexity index is 1930. The molecule has 0 saturated heterocycles. The first-order valence-corrected chi connectivity index (χ1v) is 18.9. The summed E-state index contributed by atoms with van der Waals surface area (Å²) in [6.45, 7) is 20.1. The van der Waals surface area contributed by atoms with E-state index in [4.69, 9.17) is 35.2 Å². The Morgan fingerprint density at radius 2 is 0.969 bits per heavy atom. The summed E-state index contributed by atoms with van der Waals surface area (Å²) in [5.41, 5.74) is 0.567. The Labute approximate surface area is 379 Å². The van der Waals surface area contributed by atoms with Gasteiger partial charge in [0.25, 0.3) is 0 Å². The van der Waals surface area contributed by atoms with Crippen molar-refractivity contribution in [3.8, 4) is 0 Å². The van der Waals surface area contributed by atoms with Crippen LogP contribution in [0.5, 0.6) is 0 Å². The van der Waals surface area contributed by atoms with E-state index < -0.39 is 57.6 Å². The number of ether oxygens (including phenoxy) is 1. The molecule has 1 unspecified atom stereocenters. The van der Waals surface area contributed by atoms with Crippen LogP contribution >= 0.6 is 15.9 Å². The van der Waals surface area contributed by atoms with Gasteiger partial charge in [-0.15, -0.1) is 0 Å². The second-order valence-electron chi connectivity index (χ2n) is 10.7. The van der Waals surface area contributed by atoms with Gasteiger partial charge in [0.1, 0.15) is 10.3 Å². The van der Waals surface area contributed by atoms with Gasteiger partial charge < -0.3 is 39.9 Å². The smallest absolute Gasteiger partial charge is 0.343 e. The van der Waals surface area contributed by atoms with Crippen molar-refractivity contribution in [1.29, 1.82) is 0 Å². The van der Waals surface area contributed by atoms with E-state index in [2.05, 4.69) is 52.9 Å². The molecule has 1 aliphatic carbocycles. The number of carbonyl (C=O) groups excluding carboxylic acids is 8. The lowest BCUT2D eigenvalue weighted by Crippen LogP contribution is -2.02. The van der Waals surface area contributed by atoms with Gasteiger partial charge in [-0.1, -0.05) is 26.3 Å². The van der Waals surface area contributed by atoms with Crippen LogP contribution in [0.4, 0.5) is 0 Å². The fraction of sp³-hybridized carbons (Fsp3) is 0.175. The van der Waals surface area contributed by atoms with Crippen LogP contribution in [-0.4, -0.2) is 128 Å². The lowest BCUT2D eigenvalue weighted by atomic mass is 10.2. The number of carboxylic acids is 6. The molecule has 7 N–H and O–H groups in total. The third-order valence-electron chi connectivity index (χ3n) is 4.56. The zero-order valence-electron chi connectivity index (χ0n) is 35.2. The average Bonchev–Trinajstić information content (AvgIpc) is 3.74. The summed E-state index contributed by atoms with van der Waals surface area (Å²) in [6.07, 6.45) is 9.57. The van der Waals surface area contributed by atoms with Crippen LogP contribution in [0, 0.1) is 0 Å². The van der Waals surface area contributed by atoms with Crippen molar-refractivity contribution >= 4 is 114 Å². The van der Waals surface area contributed by atoms with Gasteiger partial charge in [-0.05, 0) is 86.3 Å². The molecule has 0 radical (unpaired) electrons. The quantitative estimate of drug-likeness (QED) is 0.0639. The highest BCUT2D eigenvalue weighted by Gasteiger charge is 2.11. The highest BCUT2D eigenvalue weighted by atomic mass is 79.9. The summed E-state index contributed by atoms with van der Waals surface area (Å²) in [5, 5.41) is 48.7. The van der Waals surface area contributed by atoms with Crippen LogP contribution in [-0.2, 0) is 81.7 Å². The number of cyclic esters (lactones) is 2. The van der Waals surface area contributed by atoms with E-state index in [0.29, 0.717) is 23.8 Å². The molecule has 65 heavy (non-hydrogen) atoms. The van der Waals surface area contributed by atoms with Gasteiger partial charge in [-0.2, -0.15) is 0 Å². The van der Waals surface area contributed by atoms with Crippen molar-refractivity contribution in [1.82, 2.24) is 0 Å². The topological polar surface area (TPSA) is 407 Å². The fourth-order valence-electron chi connectivity index (χ4n) is 1.66. The van der Waals surface area contributed by atoms with Crippen LogP contribution in [0.15, 0.2) is 108 Å². The number of Topliss-reactive ketones (excluding diaryl/α,β-unsaturated/α-hetero) is 2. The molecule has 0 aromatic carbocycles. The first-order valence-electron chi connectivity index (χ1n) is 16.4. The molecule has 1 heterocycles. The van der Waals surface area contributed by atoms with E-state index >= 15 is 0 Å². The van der Waals surface area contributed by atoms with Gasteiger partial charge >= 0.3 is 47.8 Å². The van der Waals surface area contributed by atoms with Gasteiger partial charge in [-0.25, -0.2) is 42.6 Å². The number of aliphatic carboxylic acids is 6. The number of esters is 2. The minimum Gasteiger partial charge on any atom is -0.478 e. The number of hydrogen-bond donors (Lipinski definition) is 7. The Morgan fingerprint density at radius 3 is 1.06 bits per heavy atom. The zero-order valence-corrected chi connectivity index (χ0v) is 37.7. The molecule has 25 heteroatoms. The highest BCUT2D eigenvalue weighted by molar-refractivity contribution is 9.12. The van der Waals surface area contributed by atoms with Crippen molar-refractivity contribution in [3.63, 3.8) is 0 Å². The molecule has 1 atom stereocenters. The Hall–Kier alpha value is -7.90.